The minimum absolute atomic E-state index is 0.177. The van der Waals surface area contributed by atoms with Gasteiger partial charge in [0.2, 0.25) is 5.91 Å². The van der Waals surface area contributed by atoms with Gasteiger partial charge in [0.1, 0.15) is 0 Å². The van der Waals surface area contributed by atoms with Crippen molar-refractivity contribution in [1.82, 2.24) is 15.5 Å². The van der Waals surface area contributed by atoms with E-state index in [2.05, 4.69) is 33.0 Å². The molecular formula is C16H25N3OS. The third kappa shape index (κ3) is 4.80. The lowest BCUT2D eigenvalue weighted by Gasteiger charge is -2.24. The van der Waals surface area contributed by atoms with Crippen LogP contribution in [0.4, 0.5) is 0 Å². The highest BCUT2D eigenvalue weighted by Crippen LogP contribution is 2.27. The third-order valence-corrected chi connectivity index (χ3v) is 5.24. The van der Waals surface area contributed by atoms with Crippen molar-refractivity contribution in [1.29, 1.82) is 0 Å². The van der Waals surface area contributed by atoms with Gasteiger partial charge in [-0.3, -0.25) is 9.69 Å². The van der Waals surface area contributed by atoms with Crippen LogP contribution < -0.4 is 10.6 Å². The van der Waals surface area contributed by atoms with Crippen LogP contribution in [-0.2, 0) is 11.2 Å². The quantitative estimate of drug-likeness (QED) is 0.767. The molecule has 0 radical (unpaired) electrons. The highest BCUT2D eigenvalue weighted by Gasteiger charge is 2.32. The number of nitrogens with zero attached hydrogens (tertiary/aromatic N) is 1. The summed E-state index contributed by atoms with van der Waals surface area (Å²) in [4.78, 5) is 15.8. The van der Waals surface area contributed by atoms with E-state index in [9.17, 15) is 4.79 Å². The fourth-order valence-electron chi connectivity index (χ4n) is 3.00. The summed E-state index contributed by atoms with van der Waals surface area (Å²) >= 11 is 1.75. The summed E-state index contributed by atoms with van der Waals surface area (Å²) in [6, 6.07) is 5.42. The van der Waals surface area contributed by atoms with Gasteiger partial charge in [0.15, 0.2) is 0 Å². The van der Waals surface area contributed by atoms with Crippen molar-refractivity contribution in [2.24, 2.45) is 0 Å². The molecule has 2 fully saturated rings. The molecule has 5 heteroatoms. The number of carbonyl (C=O) groups excluding carboxylic acids is 1. The van der Waals surface area contributed by atoms with Crippen LogP contribution in [0.1, 0.15) is 30.6 Å². The largest absolute Gasteiger partial charge is 0.355 e. The molecule has 21 heavy (non-hydrogen) atoms. The summed E-state index contributed by atoms with van der Waals surface area (Å²) in [5.41, 5.74) is 0. The second-order valence-electron chi connectivity index (χ2n) is 6.13. The molecule has 1 aromatic heterocycles. The van der Waals surface area contributed by atoms with Crippen LogP contribution in [0.2, 0.25) is 0 Å². The Morgan fingerprint density at radius 3 is 3.00 bits per heavy atom. The average molecular weight is 307 g/mol. The lowest BCUT2D eigenvalue weighted by Crippen LogP contribution is -2.44. The molecule has 0 spiro atoms. The number of hydrogen-bond acceptors (Lipinski definition) is 4. The molecule has 1 aliphatic carbocycles. The number of rotatable bonds is 8. The van der Waals surface area contributed by atoms with Gasteiger partial charge in [-0.05, 0) is 50.1 Å². The van der Waals surface area contributed by atoms with Crippen molar-refractivity contribution < 1.29 is 4.79 Å². The van der Waals surface area contributed by atoms with Crippen LogP contribution in [0.5, 0.6) is 0 Å². The third-order valence-electron chi connectivity index (χ3n) is 4.30. The second-order valence-corrected chi connectivity index (χ2v) is 7.17. The Morgan fingerprint density at radius 1 is 1.43 bits per heavy atom. The van der Waals surface area contributed by atoms with Gasteiger partial charge < -0.3 is 10.6 Å². The minimum Gasteiger partial charge on any atom is -0.355 e. The number of amides is 1. The van der Waals surface area contributed by atoms with Crippen LogP contribution >= 0.6 is 11.3 Å². The molecule has 1 unspecified atom stereocenters. The molecule has 1 amide bonds. The predicted octanol–water partition coefficient (Wildman–Crippen LogP) is 1.62. The van der Waals surface area contributed by atoms with Crippen LogP contribution in [0.15, 0.2) is 17.5 Å². The molecule has 0 bridgehead atoms. The number of hydrogen-bond donors (Lipinski definition) is 2. The molecule has 116 valence electrons. The minimum atomic E-state index is 0.177. The topological polar surface area (TPSA) is 44.4 Å². The Balaban J connectivity index is 1.38. The van der Waals surface area contributed by atoms with Crippen LogP contribution in [0.25, 0.3) is 0 Å². The van der Waals surface area contributed by atoms with E-state index in [1.807, 2.05) is 0 Å². The predicted molar refractivity (Wildman–Crippen MR) is 86.7 cm³/mol. The molecule has 2 aliphatic rings. The van der Waals surface area contributed by atoms with Crippen LogP contribution in [0, 0.1) is 0 Å². The molecule has 1 saturated heterocycles. The summed E-state index contributed by atoms with van der Waals surface area (Å²) in [6.45, 7) is 3.48. The average Bonchev–Trinajstić information content (AvgIpc) is 2.97. The highest BCUT2D eigenvalue weighted by molar-refractivity contribution is 7.09. The lowest BCUT2D eigenvalue weighted by molar-refractivity contribution is -0.122. The normalized spacial score (nSPS) is 21.9. The number of carbonyl (C=O) groups is 1. The highest BCUT2D eigenvalue weighted by atomic mass is 32.1. The fraction of sp³-hybridized carbons (Fsp3) is 0.688. The van der Waals surface area contributed by atoms with E-state index in [1.54, 1.807) is 11.3 Å². The number of thiophene rings is 1. The summed E-state index contributed by atoms with van der Waals surface area (Å²) < 4.78 is 0. The molecule has 4 nitrogen and oxygen atoms in total. The van der Waals surface area contributed by atoms with Crippen molar-refractivity contribution in [3.63, 3.8) is 0 Å². The van der Waals surface area contributed by atoms with Crippen molar-refractivity contribution in [3.05, 3.63) is 22.4 Å². The zero-order valence-corrected chi connectivity index (χ0v) is 13.3. The van der Waals surface area contributed by atoms with E-state index >= 15 is 0 Å². The van der Waals surface area contributed by atoms with Gasteiger partial charge in [-0.15, -0.1) is 11.3 Å². The van der Waals surface area contributed by atoms with Crippen molar-refractivity contribution in [3.8, 4) is 0 Å². The first kappa shape index (κ1) is 15.0. The maximum Gasteiger partial charge on any atom is 0.234 e. The summed E-state index contributed by atoms with van der Waals surface area (Å²) in [7, 11) is 0. The fourth-order valence-corrected chi connectivity index (χ4v) is 3.71. The van der Waals surface area contributed by atoms with Gasteiger partial charge in [0.25, 0.3) is 0 Å². The van der Waals surface area contributed by atoms with Crippen molar-refractivity contribution >= 4 is 17.2 Å². The maximum absolute atomic E-state index is 12.1. The van der Waals surface area contributed by atoms with Gasteiger partial charge in [0.05, 0.1) is 6.54 Å². The van der Waals surface area contributed by atoms with Gasteiger partial charge in [-0.25, -0.2) is 0 Å². The Labute approximate surface area is 130 Å². The van der Waals surface area contributed by atoms with Gasteiger partial charge in [0, 0.05) is 30.1 Å². The van der Waals surface area contributed by atoms with E-state index in [0.29, 0.717) is 18.6 Å². The lowest BCUT2D eigenvalue weighted by atomic mass is 10.2. The molecular weight excluding hydrogens is 282 g/mol. The van der Waals surface area contributed by atoms with E-state index in [4.69, 9.17) is 0 Å². The molecule has 1 atom stereocenters. The Kier molecular flexibility index (Phi) is 5.27. The molecule has 1 saturated carbocycles. The van der Waals surface area contributed by atoms with Crippen LogP contribution in [-0.4, -0.2) is 49.1 Å². The molecule has 2 heterocycles. The van der Waals surface area contributed by atoms with Crippen molar-refractivity contribution in [2.45, 2.75) is 44.2 Å². The standard InChI is InChI=1S/C16H25N3OS/c20-16(18-9-7-15-4-2-10-21-15)12-19(14-5-6-14)11-13-3-1-8-17-13/h2,4,10,13-14,17H,1,3,5-9,11-12H2,(H,18,20). The first-order valence-electron chi connectivity index (χ1n) is 8.08. The molecule has 1 aromatic rings. The summed E-state index contributed by atoms with van der Waals surface area (Å²) in [6.07, 6.45) is 5.99. The molecule has 0 aromatic carbocycles. The van der Waals surface area contributed by atoms with Crippen molar-refractivity contribution in [2.75, 3.05) is 26.2 Å². The second kappa shape index (κ2) is 7.38. The van der Waals surface area contributed by atoms with Gasteiger partial charge in [-0.2, -0.15) is 0 Å². The molecule has 3 rings (SSSR count). The van der Waals surface area contributed by atoms with Gasteiger partial charge >= 0.3 is 0 Å². The maximum atomic E-state index is 12.1. The van der Waals surface area contributed by atoms with E-state index in [0.717, 1.165) is 26.1 Å². The smallest absolute Gasteiger partial charge is 0.234 e. The first-order valence-corrected chi connectivity index (χ1v) is 8.96. The monoisotopic (exact) mass is 307 g/mol. The van der Waals surface area contributed by atoms with Gasteiger partial charge in [-0.1, -0.05) is 6.07 Å². The summed E-state index contributed by atoms with van der Waals surface area (Å²) in [5, 5.41) is 8.68. The molecule has 2 N–H and O–H groups in total. The zero-order chi connectivity index (χ0) is 14.5. The summed E-state index contributed by atoms with van der Waals surface area (Å²) in [5.74, 6) is 0.177. The first-order chi connectivity index (χ1) is 10.3. The van der Waals surface area contributed by atoms with E-state index < -0.39 is 0 Å². The SMILES string of the molecule is O=C(CN(CC1CCCN1)C1CC1)NCCc1cccs1. The van der Waals surface area contributed by atoms with E-state index in [-0.39, 0.29) is 5.91 Å². The molecule has 1 aliphatic heterocycles. The van der Waals surface area contributed by atoms with E-state index in [1.165, 1.54) is 30.6 Å². The Bertz CT molecular complexity index is 438. The Hall–Kier alpha value is -0.910. The number of nitrogens with one attached hydrogen (secondary N) is 2. The zero-order valence-electron chi connectivity index (χ0n) is 12.5. The van der Waals surface area contributed by atoms with Crippen LogP contribution in [0.3, 0.4) is 0 Å². The Morgan fingerprint density at radius 2 is 2.33 bits per heavy atom.